The molecule has 27 heavy (non-hydrogen) atoms. The predicted octanol–water partition coefficient (Wildman–Crippen LogP) is 4.66. The minimum absolute atomic E-state index is 0.0179. The summed E-state index contributed by atoms with van der Waals surface area (Å²) in [6, 6.07) is 0. The molecule has 0 amide bonds. The van der Waals surface area contributed by atoms with Gasteiger partial charge in [-0.15, -0.1) is 0 Å². The molecule has 1 unspecified atom stereocenters. The van der Waals surface area contributed by atoms with Crippen LogP contribution in [0, 0.1) is 0 Å². The van der Waals surface area contributed by atoms with Crippen molar-refractivity contribution in [1.29, 1.82) is 0 Å². The Labute approximate surface area is 162 Å². The van der Waals surface area contributed by atoms with Crippen LogP contribution < -0.4 is 0 Å². The van der Waals surface area contributed by atoms with Crippen molar-refractivity contribution in [2.75, 3.05) is 0 Å². The lowest BCUT2D eigenvalue weighted by Gasteiger charge is -2.25. The van der Waals surface area contributed by atoms with E-state index in [-0.39, 0.29) is 48.2 Å². The van der Waals surface area contributed by atoms with Gasteiger partial charge in [-0.1, -0.05) is 32.8 Å². The highest BCUT2D eigenvalue weighted by molar-refractivity contribution is 5.91. The van der Waals surface area contributed by atoms with Gasteiger partial charge >= 0.3 is 5.97 Å². The van der Waals surface area contributed by atoms with Gasteiger partial charge in [0.15, 0.2) is 5.78 Å². The first-order valence-corrected chi connectivity index (χ1v) is 10.4. The fraction of sp³-hybridized carbons (Fsp3) is 0.727. The summed E-state index contributed by atoms with van der Waals surface area (Å²) in [4.78, 5) is 46.7. The number of carbonyl (C=O) groups is 4. The molecule has 0 radical (unpaired) electrons. The molecule has 1 saturated heterocycles. The lowest BCUT2D eigenvalue weighted by atomic mass is 9.90. The molecule has 0 aliphatic carbocycles. The number of hydrogen-bond acceptors (Lipinski definition) is 5. The maximum atomic E-state index is 12.0. The van der Waals surface area contributed by atoms with Crippen molar-refractivity contribution >= 4 is 23.3 Å². The highest BCUT2D eigenvalue weighted by Crippen LogP contribution is 2.34. The lowest BCUT2D eigenvalue weighted by molar-refractivity contribution is -0.149. The van der Waals surface area contributed by atoms with Gasteiger partial charge in [-0.2, -0.15) is 0 Å². The number of ether oxygens (including phenoxy) is 1. The second-order valence-electron chi connectivity index (χ2n) is 7.47. The van der Waals surface area contributed by atoms with Crippen LogP contribution in [0.4, 0.5) is 0 Å². The molecule has 1 aliphatic heterocycles. The first-order valence-electron chi connectivity index (χ1n) is 10.4. The van der Waals surface area contributed by atoms with E-state index in [4.69, 9.17) is 4.74 Å². The summed E-state index contributed by atoms with van der Waals surface area (Å²) < 4.78 is 5.43. The van der Waals surface area contributed by atoms with Gasteiger partial charge in [-0.3, -0.25) is 19.2 Å². The monoisotopic (exact) mass is 378 g/mol. The number of cyclic esters (lactones) is 1. The minimum Gasteiger partial charge on any atom is -0.459 e. The summed E-state index contributed by atoms with van der Waals surface area (Å²) in [5, 5.41) is 0. The Bertz CT molecular complexity index is 549. The molecular formula is C22H34O5. The number of ketones is 3. The van der Waals surface area contributed by atoms with Crippen LogP contribution >= 0.6 is 0 Å². The first-order chi connectivity index (χ1) is 12.9. The van der Waals surface area contributed by atoms with Crippen LogP contribution in [0.15, 0.2) is 12.2 Å². The van der Waals surface area contributed by atoms with Crippen molar-refractivity contribution < 1.29 is 23.9 Å². The molecule has 0 aromatic rings. The molecule has 152 valence electrons. The van der Waals surface area contributed by atoms with Crippen LogP contribution in [-0.4, -0.2) is 28.9 Å². The zero-order chi connectivity index (χ0) is 20.1. The Morgan fingerprint density at radius 3 is 2.37 bits per heavy atom. The topological polar surface area (TPSA) is 77.5 Å². The average molecular weight is 379 g/mol. The summed E-state index contributed by atoms with van der Waals surface area (Å²) in [7, 11) is 0. The number of carbonyl (C=O) groups excluding carboxylic acids is 4. The fourth-order valence-corrected chi connectivity index (χ4v) is 3.34. The first kappa shape index (κ1) is 23.3. The standard InChI is InChI=1S/C22H34O5/c1-3-5-6-9-18(23)10-7-11-19(24)13-14-20(25)12-8-16-22(4-2)17-15-21(26)27-22/h7,10H,3-6,8-9,11-17H2,1-2H3. The molecule has 0 bridgehead atoms. The predicted molar refractivity (Wildman–Crippen MR) is 104 cm³/mol. The van der Waals surface area contributed by atoms with Crippen LogP contribution in [0.3, 0.4) is 0 Å². The highest BCUT2D eigenvalue weighted by atomic mass is 16.6. The van der Waals surface area contributed by atoms with Crippen molar-refractivity contribution in [2.24, 2.45) is 0 Å². The van der Waals surface area contributed by atoms with Crippen LogP contribution in [-0.2, 0) is 23.9 Å². The second kappa shape index (κ2) is 12.6. The molecule has 1 heterocycles. The summed E-state index contributed by atoms with van der Waals surface area (Å²) in [5.74, 6) is -0.0373. The molecule has 0 spiro atoms. The van der Waals surface area contributed by atoms with E-state index in [1.807, 2.05) is 6.92 Å². The van der Waals surface area contributed by atoms with Gasteiger partial charge in [0, 0.05) is 38.5 Å². The van der Waals surface area contributed by atoms with Gasteiger partial charge in [0.1, 0.15) is 17.2 Å². The Morgan fingerprint density at radius 1 is 1.00 bits per heavy atom. The maximum Gasteiger partial charge on any atom is 0.306 e. The molecule has 0 aromatic carbocycles. The van der Waals surface area contributed by atoms with E-state index >= 15 is 0 Å². The normalized spacial score (nSPS) is 19.4. The molecular weight excluding hydrogens is 344 g/mol. The van der Waals surface area contributed by atoms with E-state index in [0.717, 1.165) is 32.1 Å². The number of hydrogen-bond donors (Lipinski definition) is 0. The highest BCUT2D eigenvalue weighted by Gasteiger charge is 2.38. The van der Waals surface area contributed by atoms with Crippen molar-refractivity contribution in [1.82, 2.24) is 0 Å². The number of Topliss-reactive ketones (excluding diaryl/α,β-unsaturated/α-hetero) is 2. The van der Waals surface area contributed by atoms with Crippen LogP contribution in [0.5, 0.6) is 0 Å². The number of allylic oxidation sites excluding steroid dienone is 2. The average Bonchev–Trinajstić information content (AvgIpc) is 3.01. The van der Waals surface area contributed by atoms with Gasteiger partial charge < -0.3 is 4.74 Å². The summed E-state index contributed by atoms with van der Waals surface area (Å²) in [5.41, 5.74) is -0.387. The zero-order valence-corrected chi connectivity index (χ0v) is 16.9. The minimum atomic E-state index is -0.387. The number of unbranched alkanes of at least 4 members (excludes halogenated alkanes) is 2. The van der Waals surface area contributed by atoms with E-state index < -0.39 is 0 Å². The Hall–Kier alpha value is -1.78. The van der Waals surface area contributed by atoms with E-state index in [1.165, 1.54) is 6.08 Å². The Kier molecular flexibility index (Phi) is 10.8. The largest absolute Gasteiger partial charge is 0.459 e. The zero-order valence-electron chi connectivity index (χ0n) is 16.9. The molecule has 0 N–H and O–H groups in total. The molecule has 0 aromatic heterocycles. The molecule has 1 rings (SSSR count). The fourth-order valence-electron chi connectivity index (χ4n) is 3.34. The van der Waals surface area contributed by atoms with E-state index in [0.29, 0.717) is 32.1 Å². The van der Waals surface area contributed by atoms with Gasteiger partial charge in [-0.25, -0.2) is 0 Å². The van der Waals surface area contributed by atoms with E-state index in [9.17, 15) is 19.2 Å². The smallest absolute Gasteiger partial charge is 0.306 e. The Balaban J connectivity index is 2.15. The van der Waals surface area contributed by atoms with Gasteiger partial charge in [0.05, 0.1) is 0 Å². The van der Waals surface area contributed by atoms with E-state index in [1.54, 1.807) is 6.08 Å². The maximum absolute atomic E-state index is 12.0. The molecule has 1 atom stereocenters. The van der Waals surface area contributed by atoms with Crippen LogP contribution in [0.1, 0.15) is 97.3 Å². The molecule has 0 saturated carbocycles. The summed E-state index contributed by atoms with van der Waals surface area (Å²) >= 11 is 0. The third kappa shape index (κ3) is 9.64. The molecule has 5 nitrogen and oxygen atoms in total. The lowest BCUT2D eigenvalue weighted by Crippen LogP contribution is -2.27. The molecule has 1 aliphatic rings. The van der Waals surface area contributed by atoms with Crippen LogP contribution in [0.25, 0.3) is 0 Å². The van der Waals surface area contributed by atoms with Gasteiger partial charge in [0.2, 0.25) is 0 Å². The van der Waals surface area contributed by atoms with Crippen molar-refractivity contribution in [3.8, 4) is 0 Å². The van der Waals surface area contributed by atoms with E-state index in [2.05, 4.69) is 6.92 Å². The van der Waals surface area contributed by atoms with Crippen molar-refractivity contribution in [3.63, 3.8) is 0 Å². The second-order valence-corrected chi connectivity index (χ2v) is 7.47. The van der Waals surface area contributed by atoms with Crippen molar-refractivity contribution in [3.05, 3.63) is 12.2 Å². The van der Waals surface area contributed by atoms with Gasteiger partial charge in [-0.05, 0) is 38.2 Å². The van der Waals surface area contributed by atoms with Crippen molar-refractivity contribution in [2.45, 2.75) is 103 Å². The molecule has 5 heteroatoms. The summed E-state index contributed by atoms with van der Waals surface area (Å²) in [6.45, 7) is 4.09. The van der Waals surface area contributed by atoms with Crippen LogP contribution in [0.2, 0.25) is 0 Å². The SMILES string of the molecule is CCCCCC(=O)C=CCC(=O)CCC(=O)CCCC1(CC)CCC(=O)O1. The number of esters is 1. The Morgan fingerprint density at radius 2 is 1.74 bits per heavy atom. The van der Waals surface area contributed by atoms with Gasteiger partial charge in [0.25, 0.3) is 0 Å². The number of rotatable bonds is 15. The molecule has 1 fully saturated rings. The summed E-state index contributed by atoms with van der Waals surface area (Å²) in [6.07, 6.45) is 11.1. The third-order valence-corrected chi connectivity index (χ3v) is 5.21. The third-order valence-electron chi connectivity index (χ3n) is 5.21. The quantitative estimate of drug-likeness (QED) is 0.235.